The number of thiazole rings is 1. The Labute approximate surface area is 119 Å². The number of likely N-dealkylation sites (N-methyl/N-ethyl adjacent to an activating group) is 1. The molecular weight excluding hydrogens is 258 g/mol. The second-order valence-corrected chi connectivity index (χ2v) is 6.69. The lowest BCUT2D eigenvalue weighted by Gasteiger charge is -2.27. The van der Waals surface area contributed by atoms with Gasteiger partial charge < -0.3 is 9.80 Å². The molecule has 4 nitrogen and oxygen atoms in total. The van der Waals surface area contributed by atoms with Crippen molar-refractivity contribution in [2.24, 2.45) is 0 Å². The molecule has 1 aliphatic rings. The molecule has 1 aromatic heterocycles. The lowest BCUT2D eigenvalue weighted by molar-refractivity contribution is 0.112. The van der Waals surface area contributed by atoms with Gasteiger partial charge in [0.25, 0.3) is 0 Å². The Morgan fingerprint density at radius 3 is 2.74 bits per heavy atom. The Hall–Kier alpha value is -0.940. The minimum atomic E-state index is 0.301. The fourth-order valence-electron chi connectivity index (χ4n) is 2.61. The first-order valence-corrected chi connectivity index (χ1v) is 7.75. The molecule has 0 aromatic carbocycles. The van der Waals surface area contributed by atoms with E-state index in [1.54, 1.807) is 0 Å². The highest BCUT2D eigenvalue weighted by atomic mass is 32.1. The van der Waals surface area contributed by atoms with E-state index in [2.05, 4.69) is 37.6 Å². The number of carbonyl (C=O) groups is 1. The lowest BCUT2D eigenvalue weighted by atomic mass is 10.1. The summed E-state index contributed by atoms with van der Waals surface area (Å²) in [4.78, 5) is 21.4. The van der Waals surface area contributed by atoms with Crippen LogP contribution >= 0.6 is 11.3 Å². The van der Waals surface area contributed by atoms with Crippen LogP contribution in [-0.4, -0.2) is 48.9 Å². The summed E-state index contributed by atoms with van der Waals surface area (Å²) in [6, 6.07) is 0.443. The quantitative estimate of drug-likeness (QED) is 0.798. The van der Waals surface area contributed by atoms with E-state index < -0.39 is 0 Å². The van der Waals surface area contributed by atoms with Crippen LogP contribution < -0.4 is 4.90 Å². The second-order valence-electron chi connectivity index (χ2n) is 5.68. The first kappa shape index (κ1) is 14.5. The van der Waals surface area contributed by atoms with Gasteiger partial charge >= 0.3 is 0 Å². The average molecular weight is 281 g/mol. The number of carbonyl (C=O) groups excluding carboxylic acids is 1. The van der Waals surface area contributed by atoms with Crippen LogP contribution in [0.5, 0.6) is 0 Å². The molecule has 0 aliphatic carbocycles. The number of anilines is 1. The summed E-state index contributed by atoms with van der Waals surface area (Å²) in [5.74, 6) is 0.301. The zero-order chi connectivity index (χ0) is 14.0. The SMILES string of the molecule is CC(C)c1nc(N2CCCN(C)CC2C)sc1C=O. The van der Waals surface area contributed by atoms with E-state index in [1.807, 2.05) is 0 Å². The first-order valence-electron chi connectivity index (χ1n) is 6.94. The van der Waals surface area contributed by atoms with Gasteiger partial charge in [-0.2, -0.15) is 0 Å². The molecule has 0 radical (unpaired) electrons. The molecule has 2 heterocycles. The van der Waals surface area contributed by atoms with Crippen LogP contribution in [0.2, 0.25) is 0 Å². The van der Waals surface area contributed by atoms with Crippen molar-refractivity contribution in [2.45, 2.75) is 39.2 Å². The standard InChI is InChI=1S/C14H23N3OS/c1-10(2)13-12(9-18)19-14(15-13)17-7-5-6-16(4)8-11(17)3/h9-11H,5-8H2,1-4H3. The molecule has 0 bridgehead atoms. The van der Waals surface area contributed by atoms with E-state index in [-0.39, 0.29) is 0 Å². The van der Waals surface area contributed by atoms with E-state index >= 15 is 0 Å². The zero-order valence-corrected chi connectivity index (χ0v) is 13.0. The smallest absolute Gasteiger partial charge is 0.186 e. The third kappa shape index (κ3) is 3.15. The van der Waals surface area contributed by atoms with Crippen LogP contribution in [0.4, 0.5) is 5.13 Å². The van der Waals surface area contributed by atoms with Crippen molar-refractivity contribution in [1.29, 1.82) is 0 Å². The van der Waals surface area contributed by atoms with Crippen molar-refractivity contribution in [1.82, 2.24) is 9.88 Å². The summed E-state index contributed by atoms with van der Waals surface area (Å²) in [6.45, 7) is 9.61. The third-order valence-corrected chi connectivity index (χ3v) is 4.65. The van der Waals surface area contributed by atoms with Crippen molar-refractivity contribution < 1.29 is 4.79 Å². The van der Waals surface area contributed by atoms with Crippen LogP contribution in [-0.2, 0) is 0 Å². The monoisotopic (exact) mass is 281 g/mol. The normalized spacial score (nSPS) is 21.7. The summed E-state index contributed by atoms with van der Waals surface area (Å²) in [5.41, 5.74) is 0.944. The Bertz CT molecular complexity index is 444. The molecule has 1 saturated heterocycles. The number of hydrogen-bond acceptors (Lipinski definition) is 5. The topological polar surface area (TPSA) is 36.4 Å². The van der Waals surface area contributed by atoms with E-state index in [0.29, 0.717) is 12.0 Å². The highest BCUT2D eigenvalue weighted by Gasteiger charge is 2.24. The van der Waals surface area contributed by atoms with Crippen LogP contribution in [0.25, 0.3) is 0 Å². The van der Waals surface area contributed by atoms with Crippen molar-refractivity contribution in [3.05, 3.63) is 10.6 Å². The van der Waals surface area contributed by atoms with E-state index in [0.717, 1.165) is 48.0 Å². The van der Waals surface area contributed by atoms with Gasteiger partial charge in [-0.1, -0.05) is 25.2 Å². The van der Waals surface area contributed by atoms with Gasteiger partial charge in [0, 0.05) is 19.1 Å². The van der Waals surface area contributed by atoms with Crippen molar-refractivity contribution in [3.63, 3.8) is 0 Å². The van der Waals surface area contributed by atoms with Crippen LogP contribution in [0.15, 0.2) is 0 Å². The molecular formula is C14H23N3OS. The second kappa shape index (κ2) is 6.01. The van der Waals surface area contributed by atoms with Crippen LogP contribution in [0.3, 0.4) is 0 Å². The molecule has 0 N–H and O–H groups in total. The number of nitrogens with zero attached hydrogens (tertiary/aromatic N) is 3. The largest absolute Gasteiger partial charge is 0.344 e. The minimum Gasteiger partial charge on any atom is -0.344 e. The highest BCUT2D eigenvalue weighted by Crippen LogP contribution is 2.31. The molecule has 5 heteroatoms. The van der Waals surface area contributed by atoms with Crippen molar-refractivity contribution in [3.8, 4) is 0 Å². The Kier molecular flexibility index (Phi) is 4.58. The number of aldehydes is 1. The van der Waals surface area contributed by atoms with Gasteiger partial charge in [-0.05, 0) is 32.9 Å². The van der Waals surface area contributed by atoms with Gasteiger partial charge in [0.2, 0.25) is 0 Å². The molecule has 19 heavy (non-hydrogen) atoms. The molecule has 2 rings (SSSR count). The van der Waals surface area contributed by atoms with Gasteiger partial charge in [-0.3, -0.25) is 4.79 Å². The Balaban J connectivity index is 2.27. The maximum absolute atomic E-state index is 11.2. The molecule has 1 atom stereocenters. The van der Waals surface area contributed by atoms with Crippen molar-refractivity contribution in [2.75, 3.05) is 31.6 Å². The molecule has 0 saturated carbocycles. The fourth-order valence-corrected chi connectivity index (χ4v) is 3.77. The Morgan fingerprint density at radius 1 is 1.42 bits per heavy atom. The summed E-state index contributed by atoms with van der Waals surface area (Å²) < 4.78 is 0. The minimum absolute atomic E-state index is 0.301. The maximum Gasteiger partial charge on any atom is 0.186 e. The predicted molar refractivity (Wildman–Crippen MR) is 80.5 cm³/mol. The summed E-state index contributed by atoms with van der Waals surface area (Å²) >= 11 is 1.54. The van der Waals surface area contributed by atoms with Crippen molar-refractivity contribution >= 4 is 22.8 Å². The molecule has 1 unspecified atom stereocenters. The maximum atomic E-state index is 11.2. The Morgan fingerprint density at radius 2 is 2.16 bits per heavy atom. The van der Waals surface area contributed by atoms with Crippen LogP contribution in [0, 0.1) is 0 Å². The molecule has 1 fully saturated rings. The van der Waals surface area contributed by atoms with E-state index in [1.165, 1.54) is 11.3 Å². The molecule has 0 amide bonds. The van der Waals surface area contributed by atoms with Gasteiger partial charge in [0.15, 0.2) is 11.4 Å². The molecule has 1 aliphatic heterocycles. The van der Waals surface area contributed by atoms with Gasteiger partial charge in [0.05, 0.1) is 10.6 Å². The number of hydrogen-bond donors (Lipinski definition) is 0. The average Bonchev–Trinajstić information content (AvgIpc) is 2.70. The number of rotatable bonds is 3. The summed E-state index contributed by atoms with van der Waals surface area (Å²) in [5, 5.41) is 1.01. The summed E-state index contributed by atoms with van der Waals surface area (Å²) in [6.07, 6.45) is 2.10. The first-order chi connectivity index (χ1) is 9.02. The zero-order valence-electron chi connectivity index (χ0n) is 12.2. The molecule has 0 spiro atoms. The fraction of sp³-hybridized carbons (Fsp3) is 0.714. The molecule has 1 aromatic rings. The van der Waals surface area contributed by atoms with Gasteiger partial charge in [-0.15, -0.1) is 0 Å². The number of aromatic nitrogens is 1. The van der Waals surface area contributed by atoms with Gasteiger partial charge in [0.1, 0.15) is 0 Å². The van der Waals surface area contributed by atoms with Gasteiger partial charge in [-0.25, -0.2) is 4.98 Å². The van der Waals surface area contributed by atoms with E-state index in [9.17, 15) is 4.79 Å². The summed E-state index contributed by atoms with van der Waals surface area (Å²) in [7, 11) is 2.16. The molecule has 106 valence electrons. The highest BCUT2D eigenvalue weighted by molar-refractivity contribution is 7.17. The van der Waals surface area contributed by atoms with Crippen LogP contribution in [0.1, 0.15) is 48.5 Å². The third-order valence-electron chi connectivity index (χ3n) is 3.62. The predicted octanol–water partition coefficient (Wildman–Crippen LogP) is 2.61. The lowest BCUT2D eigenvalue weighted by Crippen LogP contribution is -2.37. The van der Waals surface area contributed by atoms with E-state index in [4.69, 9.17) is 4.98 Å².